The van der Waals surface area contributed by atoms with Crippen molar-refractivity contribution in [3.05, 3.63) is 29.8 Å². The van der Waals surface area contributed by atoms with Gasteiger partial charge in [-0.2, -0.15) is 0 Å². The number of aliphatic hydroxyl groups is 1. The predicted molar refractivity (Wildman–Crippen MR) is 75.1 cm³/mol. The first-order valence-corrected chi connectivity index (χ1v) is 7.53. The van der Waals surface area contributed by atoms with Crippen LogP contribution in [0.25, 0.3) is 0 Å². The summed E-state index contributed by atoms with van der Waals surface area (Å²) in [6.45, 7) is 3.35. The average Bonchev–Trinajstić information content (AvgIpc) is 2.38. The number of benzene rings is 1. The van der Waals surface area contributed by atoms with E-state index in [-0.39, 0.29) is 12.0 Å². The molecule has 0 spiro atoms. The zero-order valence-electron chi connectivity index (χ0n) is 10.8. The Hall–Kier alpha value is -0.550. The maximum absolute atomic E-state index is 9.29. The summed E-state index contributed by atoms with van der Waals surface area (Å²) in [4.78, 5) is 1.30. The average molecular weight is 267 g/mol. The normalized spacial score (nSPS) is 17.4. The largest absolute Gasteiger partial charge is 0.396 e. The molecule has 0 radical (unpaired) electrons. The van der Waals surface area contributed by atoms with Gasteiger partial charge in [-0.15, -0.1) is 11.8 Å². The lowest BCUT2D eigenvalue weighted by molar-refractivity contribution is -0.134. The Balaban J connectivity index is 1.68. The molecule has 0 atom stereocenters. The van der Waals surface area contributed by atoms with Crippen LogP contribution in [0.2, 0.25) is 0 Å². The SMILES string of the molecule is CSc1ccc(CCNCC2(CO)COC2)cc1. The summed E-state index contributed by atoms with van der Waals surface area (Å²) in [5.41, 5.74) is 1.33. The second-order valence-corrected chi connectivity index (χ2v) is 5.81. The van der Waals surface area contributed by atoms with Gasteiger partial charge < -0.3 is 15.2 Å². The predicted octanol–water partition coefficient (Wildman–Crippen LogP) is 1.55. The Labute approximate surface area is 113 Å². The highest BCUT2D eigenvalue weighted by molar-refractivity contribution is 7.98. The first-order chi connectivity index (χ1) is 8.78. The van der Waals surface area contributed by atoms with Crippen molar-refractivity contribution >= 4 is 11.8 Å². The van der Waals surface area contributed by atoms with E-state index in [1.807, 2.05) is 0 Å². The Morgan fingerprint density at radius 1 is 1.33 bits per heavy atom. The first kappa shape index (κ1) is 13.9. The van der Waals surface area contributed by atoms with E-state index in [1.54, 1.807) is 11.8 Å². The molecule has 1 fully saturated rings. The molecule has 0 aliphatic carbocycles. The van der Waals surface area contributed by atoms with Crippen LogP contribution in [0, 0.1) is 5.41 Å². The Kier molecular flexibility index (Phi) is 5.06. The number of rotatable bonds is 7. The van der Waals surface area contributed by atoms with Crippen LogP contribution in [0.1, 0.15) is 5.56 Å². The van der Waals surface area contributed by atoms with Gasteiger partial charge >= 0.3 is 0 Å². The summed E-state index contributed by atoms with van der Waals surface area (Å²) in [5.74, 6) is 0. The van der Waals surface area contributed by atoms with Gasteiger partial charge in [-0.1, -0.05) is 12.1 Å². The number of ether oxygens (including phenoxy) is 1. The van der Waals surface area contributed by atoms with Crippen LogP contribution in [0.3, 0.4) is 0 Å². The van der Waals surface area contributed by atoms with Gasteiger partial charge in [0.1, 0.15) is 0 Å². The van der Waals surface area contributed by atoms with Crippen molar-refractivity contribution in [2.75, 3.05) is 39.2 Å². The molecule has 1 aliphatic rings. The number of hydrogen-bond donors (Lipinski definition) is 2. The minimum Gasteiger partial charge on any atom is -0.396 e. The topological polar surface area (TPSA) is 41.5 Å². The van der Waals surface area contributed by atoms with Crippen molar-refractivity contribution in [1.29, 1.82) is 0 Å². The molecule has 4 heteroatoms. The Bertz CT molecular complexity index is 357. The van der Waals surface area contributed by atoms with Crippen LogP contribution in [-0.4, -0.2) is 44.3 Å². The quantitative estimate of drug-likeness (QED) is 0.581. The lowest BCUT2D eigenvalue weighted by atomic mass is 9.87. The molecule has 0 saturated carbocycles. The molecule has 0 unspecified atom stereocenters. The highest BCUT2D eigenvalue weighted by Gasteiger charge is 2.37. The van der Waals surface area contributed by atoms with Crippen molar-refractivity contribution in [2.24, 2.45) is 5.41 Å². The van der Waals surface area contributed by atoms with Crippen LogP contribution in [0.5, 0.6) is 0 Å². The van der Waals surface area contributed by atoms with E-state index in [1.165, 1.54) is 10.5 Å². The molecular formula is C14H21NO2S. The van der Waals surface area contributed by atoms with Gasteiger partial charge in [0.25, 0.3) is 0 Å². The lowest BCUT2D eigenvalue weighted by Gasteiger charge is -2.40. The zero-order valence-corrected chi connectivity index (χ0v) is 11.6. The first-order valence-electron chi connectivity index (χ1n) is 6.30. The fourth-order valence-electron chi connectivity index (χ4n) is 2.02. The third kappa shape index (κ3) is 3.48. The molecule has 1 aromatic carbocycles. The van der Waals surface area contributed by atoms with Crippen molar-refractivity contribution in [3.8, 4) is 0 Å². The van der Waals surface area contributed by atoms with Crippen LogP contribution in [-0.2, 0) is 11.2 Å². The third-order valence-electron chi connectivity index (χ3n) is 3.40. The van der Waals surface area contributed by atoms with E-state index in [0.717, 1.165) is 19.5 Å². The minimum absolute atomic E-state index is 0.0251. The molecule has 2 rings (SSSR count). The molecular weight excluding hydrogens is 246 g/mol. The van der Waals surface area contributed by atoms with E-state index in [9.17, 15) is 5.11 Å². The van der Waals surface area contributed by atoms with Gasteiger partial charge in [0.15, 0.2) is 0 Å². The molecule has 100 valence electrons. The van der Waals surface area contributed by atoms with Crippen LogP contribution in [0.15, 0.2) is 29.2 Å². The second kappa shape index (κ2) is 6.57. The molecule has 1 aliphatic heterocycles. The summed E-state index contributed by atoms with van der Waals surface area (Å²) < 4.78 is 5.17. The van der Waals surface area contributed by atoms with Gasteiger partial charge in [-0.3, -0.25) is 0 Å². The molecule has 0 amide bonds. The highest BCUT2D eigenvalue weighted by atomic mass is 32.2. The van der Waals surface area contributed by atoms with Crippen LogP contribution >= 0.6 is 11.8 Å². The maximum Gasteiger partial charge on any atom is 0.0579 e. The summed E-state index contributed by atoms with van der Waals surface area (Å²) >= 11 is 1.77. The summed E-state index contributed by atoms with van der Waals surface area (Å²) in [7, 11) is 0. The van der Waals surface area contributed by atoms with E-state index >= 15 is 0 Å². The molecule has 1 heterocycles. The number of aliphatic hydroxyl groups excluding tert-OH is 1. The third-order valence-corrected chi connectivity index (χ3v) is 4.14. The second-order valence-electron chi connectivity index (χ2n) is 4.93. The van der Waals surface area contributed by atoms with E-state index in [4.69, 9.17) is 4.74 Å². The van der Waals surface area contributed by atoms with Crippen molar-refractivity contribution in [1.82, 2.24) is 5.32 Å². The van der Waals surface area contributed by atoms with Crippen molar-refractivity contribution in [3.63, 3.8) is 0 Å². The Morgan fingerprint density at radius 3 is 2.56 bits per heavy atom. The van der Waals surface area contributed by atoms with Crippen LogP contribution in [0.4, 0.5) is 0 Å². The smallest absolute Gasteiger partial charge is 0.0579 e. The van der Waals surface area contributed by atoms with Gasteiger partial charge in [0.2, 0.25) is 0 Å². The zero-order chi connectivity index (χ0) is 12.8. The van der Waals surface area contributed by atoms with E-state index < -0.39 is 0 Å². The summed E-state index contributed by atoms with van der Waals surface area (Å²) in [6, 6.07) is 8.69. The fourth-order valence-corrected chi connectivity index (χ4v) is 2.43. The lowest BCUT2D eigenvalue weighted by Crippen LogP contribution is -2.52. The van der Waals surface area contributed by atoms with Gasteiger partial charge in [0, 0.05) is 11.4 Å². The molecule has 2 N–H and O–H groups in total. The number of thioether (sulfide) groups is 1. The summed E-state index contributed by atoms with van der Waals surface area (Å²) in [6.07, 6.45) is 3.11. The summed E-state index contributed by atoms with van der Waals surface area (Å²) in [5, 5.41) is 12.7. The van der Waals surface area contributed by atoms with Gasteiger partial charge in [0.05, 0.1) is 25.2 Å². The standard InChI is InChI=1S/C14H21NO2S/c1-18-13-4-2-12(3-5-13)6-7-15-8-14(9-16)10-17-11-14/h2-5,15-16H,6-11H2,1H3. The molecule has 18 heavy (non-hydrogen) atoms. The molecule has 0 aromatic heterocycles. The molecule has 3 nitrogen and oxygen atoms in total. The number of hydrogen-bond acceptors (Lipinski definition) is 4. The minimum atomic E-state index is -0.0251. The molecule has 1 saturated heterocycles. The van der Waals surface area contributed by atoms with Gasteiger partial charge in [-0.05, 0) is 36.9 Å². The van der Waals surface area contributed by atoms with Crippen molar-refractivity contribution in [2.45, 2.75) is 11.3 Å². The molecule has 0 bridgehead atoms. The monoisotopic (exact) mass is 267 g/mol. The maximum atomic E-state index is 9.29. The van der Waals surface area contributed by atoms with Gasteiger partial charge in [-0.25, -0.2) is 0 Å². The highest BCUT2D eigenvalue weighted by Crippen LogP contribution is 2.25. The van der Waals surface area contributed by atoms with Crippen molar-refractivity contribution < 1.29 is 9.84 Å². The van der Waals surface area contributed by atoms with Crippen LogP contribution < -0.4 is 5.32 Å². The number of nitrogens with one attached hydrogen (secondary N) is 1. The van der Waals surface area contributed by atoms with E-state index in [2.05, 4.69) is 35.8 Å². The molecule has 1 aromatic rings. The fraction of sp³-hybridized carbons (Fsp3) is 0.571. The van der Waals surface area contributed by atoms with E-state index in [0.29, 0.717) is 13.2 Å². The Morgan fingerprint density at radius 2 is 2.06 bits per heavy atom.